The number of hydrogen-bond donors (Lipinski definition) is 2. The lowest BCUT2D eigenvalue weighted by molar-refractivity contribution is -0.385. The first-order valence-corrected chi connectivity index (χ1v) is 8.58. The number of amides is 1. The van der Waals surface area contributed by atoms with Crippen LogP contribution in [0.15, 0.2) is 42.5 Å². The molecule has 0 aliphatic heterocycles. The molecule has 136 valence electrons. The minimum atomic E-state index is -0.562. The van der Waals surface area contributed by atoms with Crippen LogP contribution in [0.1, 0.15) is 23.2 Å². The molecule has 1 fully saturated rings. The van der Waals surface area contributed by atoms with Crippen molar-refractivity contribution in [2.45, 2.75) is 18.9 Å². The normalized spacial score (nSPS) is 14.5. The summed E-state index contributed by atoms with van der Waals surface area (Å²) in [6.45, 7) is 0.415. The SMILES string of the molecule is NCC(NC(=O)c1ccc(Oc2ccc(Cl)cc2[N+](=O)[O-])cc1)C1CC1. The van der Waals surface area contributed by atoms with Crippen LogP contribution in [0.5, 0.6) is 11.5 Å². The molecule has 0 saturated heterocycles. The van der Waals surface area contributed by atoms with E-state index in [9.17, 15) is 14.9 Å². The lowest BCUT2D eigenvalue weighted by atomic mass is 10.1. The number of hydrogen-bond acceptors (Lipinski definition) is 5. The van der Waals surface area contributed by atoms with E-state index in [1.54, 1.807) is 24.3 Å². The molecule has 8 heteroatoms. The van der Waals surface area contributed by atoms with Gasteiger partial charge in [-0.15, -0.1) is 0 Å². The average Bonchev–Trinajstić information content (AvgIpc) is 3.46. The molecule has 0 radical (unpaired) electrons. The Morgan fingerprint density at radius 1 is 1.31 bits per heavy atom. The minimum Gasteiger partial charge on any atom is -0.450 e. The van der Waals surface area contributed by atoms with Crippen molar-refractivity contribution in [3.8, 4) is 11.5 Å². The molecule has 1 saturated carbocycles. The lowest BCUT2D eigenvalue weighted by Crippen LogP contribution is -2.41. The first-order chi connectivity index (χ1) is 12.5. The number of halogens is 1. The van der Waals surface area contributed by atoms with Crippen LogP contribution in [0.4, 0.5) is 5.69 Å². The van der Waals surface area contributed by atoms with Crippen molar-refractivity contribution >= 4 is 23.2 Å². The van der Waals surface area contributed by atoms with E-state index < -0.39 is 4.92 Å². The van der Waals surface area contributed by atoms with E-state index in [1.807, 2.05) is 0 Å². The van der Waals surface area contributed by atoms with E-state index in [2.05, 4.69) is 5.32 Å². The molecule has 2 aromatic rings. The van der Waals surface area contributed by atoms with E-state index in [1.165, 1.54) is 18.2 Å². The molecule has 0 heterocycles. The zero-order valence-corrected chi connectivity index (χ0v) is 14.6. The summed E-state index contributed by atoms with van der Waals surface area (Å²) in [5.41, 5.74) is 5.95. The molecule has 2 aromatic carbocycles. The van der Waals surface area contributed by atoms with Gasteiger partial charge in [-0.25, -0.2) is 0 Å². The van der Waals surface area contributed by atoms with Gasteiger partial charge in [-0.3, -0.25) is 14.9 Å². The number of rotatable bonds is 7. The van der Waals surface area contributed by atoms with Crippen LogP contribution in [-0.2, 0) is 0 Å². The standard InChI is InChI=1S/C18H18ClN3O4/c19-13-5-8-17(16(9-13)22(24)25)26-14-6-3-12(4-7-14)18(23)21-15(10-20)11-1-2-11/h3-9,11,15H,1-2,10,20H2,(H,21,23). The monoisotopic (exact) mass is 375 g/mol. The molecule has 1 unspecified atom stereocenters. The fraction of sp³-hybridized carbons (Fsp3) is 0.278. The molecule has 0 bridgehead atoms. The summed E-state index contributed by atoms with van der Waals surface area (Å²) in [5.74, 6) is 0.728. The van der Waals surface area contributed by atoms with Crippen LogP contribution in [0.2, 0.25) is 5.02 Å². The molecular weight excluding hydrogens is 358 g/mol. The van der Waals surface area contributed by atoms with Gasteiger partial charge in [0.05, 0.1) is 4.92 Å². The fourth-order valence-corrected chi connectivity index (χ4v) is 2.81. The van der Waals surface area contributed by atoms with Gasteiger partial charge in [-0.1, -0.05) is 11.6 Å². The van der Waals surface area contributed by atoms with Gasteiger partial charge in [0.25, 0.3) is 5.91 Å². The van der Waals surface area contributed by atoms with E-state index in [0.717, 1.165) is 12.8 Å². The summed E-state index contributed by atoms with van der Waals surface area (Å²) in [7, 11) is 0. The van der Waals surface area contributed by atoms with E-state index in [0.29, 0.717) is 23.8 Å². The topological polar surface area (TPSA) is 107 Å². The molecule has 7 nitrogen and oxygen atoms in total. The molecule has 3 N–H and O–H groups in total. The molecule has 0 aromatic heterocycles. The van der Waals surface area contributed by atoms with Crippen molar-refractivity contribution in [3.63, 3.8) is 0 Å². The predicted octanol–water partition coefficient (Wildman–Crippen LogP) is 3.51. The van der Waals surface area contributed by atoms with Crippen LogP contribution < -0.4 is 15.8 Å². The Balaban J connectivity index is 1.70. The molecule has 0 spiro atoms. The quantitative estimate of drug-likeness (QED) is 0.568. The number of benzene rings is 2. The van der Waals surface area contributed by atoms with E-state index >= 15 is 0 Å². The molecule has 3 rings (SSSR count). The van der Waals surface area contributed by atoms with Gasteiger partial charge in [-0.05, 0) is 55.2 Å². The van der Waals surface area contributed by atoms with Crippen molar-refractivity contribution in [1.29, 1.82) is 0 Å². The maximum absolute atomic E-state index is 12.3. The third-order valence-electron chi connectivity index (χ3n) is 4.22. The van der Waals surface area contributed by atoms with Gasteiger partial charge >= 0.3 is 5.69 Å². The zero-order chi connectivity index (χ0) is 18.7. The van der Waals surface area contributed by atoms with Crippen molar-refractivity contribution < 1.29 is 14.5 Å². The van der Waals surface area contributed by atoms with Gasteiger partial charge in [0.2, 0.25) is 5.75 Å². The first kappa shape index (κ1) is 18.2. The maximum Gasteiger partial charge on any atom is 0.313 e. The second-order valence-electron chi connectivity index (χ2n) is 6.15. The maximum atomic E-state index is 12.3. The third kappa shape index (κ3) is 4.30. The van der Waals surface area contributed by atoms with E-state index in [4.69, 9.17) is 22.1 Å². The van der Waals surface area contributed by atoms with Crippen LogP contribution in [-0.4, -0.2) is 23.4 Å². The van der Waals surface area contributed by atoms with Crippen LogP contribution in [0.3, 0.4) is 0 Å². The Labute approximate surface area is 155 Å². The molecule has 1 atom stereocenters. The second-order valence-corrected chi connectivity index (χ2v) is 6.59. The highest BCUT2D eigenvalue weighted by Crippen LogP contribution is 2.34. The predicted molar refractivity (Wildman–Crippen MR) is 97.7 cm³/mol. The number of nitro benzene ring substituents is 1. The molecule has 1 amide bonds. The largest absolute Gasteiger partial charge is 0.450 e. The number of ether oxygens (including phenoxy) is 1. The van der Waals surface area contributed by atoms with E-state index in [-0.39, 0.29) is 28.4 Å². The summed E-state index contributed by atoms with van der Waals surface area (Å²) in [4.78, 5) is 22.8. The zero-order valence-electron chi connectivity index (χ0n) is 13.9. The molecular formula is C18H18ClN3O4. The number of carbonyl (C=O) groups excluding carboxylic acids is 1. The Bertz CT molecular complexity index is 822. The summed E-state index contributed by atoms with van der Waals surface area (Å²) in [6.07, 6.45) is 2.18. The highest BCUT2D eigenvalue weighted by atomic mass is 35.5. The number of nitrogens with zero attached hydrogens (tertiary/aromatic N) is 1. The van der Waals surface area contributed by atoms with Crippen molar-refractivity contribution in [2.24, 2.45) is 11.7 Å². The highest BCUT2D eigenvalue weighted by Gasteiger charge is 2.31. The summed E-state index contributed by atoms with van der Waals surface area (Å²) in [5, 5.41) is 14.3. The number of nitrogens with one attached hydrogen (secondary N) is 1. The highest BCUT2D eigenvalue weighted by molar-refractivity contribution is 6.30. The minimum absolute atomic E-state index is 0.00450. The fourth-order valence-electron chi connectivity index (χ4n) is 2.64. The Morgan fingerprint density at radius 3 is 2.58 bits per heavy atom. The van der Waals surface area contributed by atoms with Crippen molar-refractivity contribution in [1.82, 2.24) is 5.32 Å². The van der Waals surface area contributed by atoms with Crippen LogP contribution in [0, 0.1) is 16.0 Å². The summed E-state index contributed by atoms with van der Waals surface area (Å²) in [6, 6.07) is 10.5. The molecule has 26 heavy (non-hydrogen) atoms. The van der Waals surface area contributed by atoms with Crippen molar-refractivity contribution in [2.75, 3.05) is 6.54 Å². The van der Waals surface area contributed by atoms with Gasteiger partial charge in [-0.2, -0.15) is 0 Å². The average molecular weight is 376 g/mol. The summed E-state index contributed by atoms with van der Waals surface area (Å²) >= 11 is 5.79. The summed E-state index contributed by atoms with van der Waals surface area (Å²) < 4.78 is 5.56. The van der Waals surface area contributed by atoms with Gasteiger partial charge in [0, 0.05) is 29.2 Å². The van der Waals surface area contributed by atoms with Gasteiger partial charge in [0.1, 0.15) is 5.75 Å². The Morgan fingerprint density at radius 2 is 2.00 bits per heavy atom. The van der Waals surface area contributed by atoms with Gasteiger partial charge in [0.15, 0.2) is 0 Å². The number of nitrogens with two attached hydrogens (primary N) is 1. The Hall–Kier alpha value is -2.64. The lowest BCUT2D eigenvalue weighted by Gasteiger charge is -2.16. The third-order valence-corrected chi connectivity index (χ3v) is 4.46. The number of nitro groups is 1. The second kappa shape index (κ2) is 7.72. The molecule has 1 aliphatic rings. The van der Waals surface area contributed by atoms with Gasteiger partial charge < -0.3 is 15.8 Å². The molecule has 1 aliphatic carbocycles. The van der Waals surface area contributed by atoms with Crippen LogP contribution >= 0.6 is 11.6 Å². The van der Waals surface area contributed by atoms with Crippen molar-refractivity contribution in [3.05, 3.63) is 63.2 Å². The van der Waals surface area contributed by atoms with Crippen LogP contribution in [0.25, 0.3) is 0 Å². The first-order valence-electron chi connectivity index (χ1n) is 8.20. The number of carbonyl (C=O) groups is 1. The smallest absolute Gasteiger partial charge is 0.313 e. The Kier molecular flexibility index (Phi) is 5.39.